The number of aromatic nitrogens is 2. The third-order valence-corrected chi connectivity index (χ3v) is 2.35. The summed E-state index contributed by atoms with van der Waals surface area (Å²) in [7, 11) is 0. The number of nitrogens with zero attached hydrogens (tertiary/aromatic N) is 1. The molecule has 0 fully saturated rings. The van der Waals surface area contributed by atoms with E-state index < -0.39 is 11.6 Å². The quantitative estimate of drug-likeness (QED) is 0.713. The fraction of sp³-hybridized carbons (Fsp3) is 0.182. The Labute approximate surface area is 96.9 Å². The maximum absolute atomic E-state index is 13.4. The number of benzene rings is 1. The Morgan fingerprint density at radius 1 is 1.35 bits per heavy atom. The molecule has 0 unspecified atom stereocenters. The molecule has 0 saturated carbocycles. The van der Waals surface area contributed by atoms with E-state index in [1.165, 1.54) is 6.07 Å². The molecule has 0 aliphatic rings. The van der Waals surface area contributed by atoms with Crippen LogP contribution in [0.15, 0.2) is 24.5 Å². The normalized spacial score (nSPS) is 10.5. The number of hydrogen-bond donors (Lipinski definition) is 3. The number of halogens is 2. The van der Waals surface area contributed by atoms with Gasteiger partial charge in [-0.05, 0) is 12.1 Å². The Morgan fingerprint density at radius 2 is 2.18 bits per heavy atom. The van der Waals surface area contributed by atoms with E-state index in [1.807, 2.05) is 0 Å². The Morgan fingerprint density at radius 3 is 2.88 bits per heavy atom. The van der Waals surface area contributed by atoms with Gasteiger partial charge in [-0.2, -0.15) is 0 Å². The van der Waals surface area contributed by atoms with Gasteiger partial charge in [0.15, 0.2) is 11.6 Å². The molecule has 17 heavy (non-hydrogen) atoms. The Kier molecular flexibility index (Phi) is 3.22. The van der Waals surface area contributed by atoms with Crippen LogP contribution in [-0.4, -0.2) is 16.5 Å². The second-order valence-electron chi connectivity index (χ2n) is 3.54. The van der Waals surface area contributed by atoms with Crippen LogP contribution in [0, 0.1) is 11.6 Å². The standard InChI is InChI=1S/C11H12F2N4/c12-7-1-2-8(14)11(10(7)13)17-4-3-9-15-5-6-16-9/h1-2,5-6,17H,3-4,14H2,(H,15,16). The molecule has 4 N–H and O–H groups in total. The van der Waals surface area contributed by atoms with Gasteiger partial charge in [0.2, 0.25) is 0 Å². The molecule has 0 amide bonds. The number of aromatic amines is 1. The van der Waals surface area contributed by atoms with Gasteiger partial charge in [0.25, 0.3) is 0 Å². The first-order valence-electron chi connectivity index (χ1n) is 5.14. The van der Waals surface area contributed by atoms with Crippen LogP contribution in [0.25, 0.3) is 0 Å². The molecule has 4 nitrogen and oxygen atoms in total. The zero-order valence-electron chi connectivity index (χ0n) is 9.00. The summed E-state index contributed by atoms with van der Waals surface area (Å²) in [4.78, 5) is 6.93. The summed E-state index contributed by atoms with van der Waals surface area (Å²) in [5, 5.41) is 2.76. The number of nitrogen functional groups attached to an aromatic ring is 1. The minimum absolute atomic E-state index is 0.00319. The Hall–Kier alpha value is -2.11. The van der Waals surface area contributed by atoms with E-state index >= 15 is 0 Å². The van der Waals surface area contributed by atoms with Crippen molar-refractivity contribution in [2.24, 2.45) is 0 Å². The van der Waals surface area contributed by atoms with Crippen molar-refractivity contribution in [1.29, 1.82) is 0 Å². The monoisotopic (exact) mass is 238 g/mol. The molecule has 0 aliphatic heterocycles. The average molecular weight is 238 g/mol. The lowest BCUT2D eigenvalue weighted by Crippen LogP contribution is -2.10. The van der Waals surface area contributed by atoms with E-state index in [4.69, 9.17) is 5.73 Å². The minimum Gasteiger partial charge on any atom is -0.397 e. The van der Waals surface area contributed by atoms with E-state index in [9.17, 15) is 8.78 Å². The third kappa shape index (κ3) is 2.52. The highest BCUT2D eigenvalue weighted by Gasteiger charge is 2.11. The predicted molar refractivity (Wildman–Crippen MR) is 61.6 cm³/mol. The van der Waals surface area contributed by atoms with E-state index in [2.05, 4.69) is 15.3 Å². The van der Waals surface area contributed by atoms with E-state index in [-0.39, 0.29) is 11.4 Å². The molecule has 0 spiro atoms. The van der Waals surface area contributed by atoms with Crippen molar-refractivity contribution in [3.05, 3.63) is 42.0 Å². The third-order valence-electron chi connectivity index (χ3n) is 2.35. The van der Waals surface area contributed by atoms with Crippen LogP contribution in [-0.2, 0) is 6.42 Å². The van der Waals surface area contributed by atoms with Crippen LogP contribution < -0.4 is 11.1 Å². The molecule has 1 heterocycles. The number of hydrogen-bond acceptors (Lipinski definition) is 3. The molecule has 2 rings (SSSR count). The lowest BCUT2D eigenvalue weighted by atomic mass is 10.2. The van der Waals surface area contributed by atoms with Gasteiger partial charge in [0.05, 0.1) is 11.4 Å². The van der Waals surface area contributed by atoms with Gasteiger partial charge in [-0.15, -0.1) is 0 Å². The van der Waals surface area contributed by atoms with Gasteiger partial charge in [0.1, 0.15) is 5.82 Å². The molecule has 0 atom stereocenters. The van der Waals surface area contributed by atoms with Crippen molar-refractivity contribution < 1.29 is 8.78 Å². The first-order chi connectivity index (χ1) is 8.18. The van der Waals surface area contributed by atoms with Gasteiger partial charge in [-0.1, -0.05) is 0 Å². The van der Waals surface area contributed by atoms with E-state index in [0.717, 1.165) is 11.9 Å². The van der Waals surface area contributed by atoms with Crippen LogP contribution in [0.3, 0.4) is 0 Å². The van der Waals surface area contributed by atoms with Crippen LogP contribution in [0.5, 0.6) is 0 Å². The molecule has 0 bridgehead atoms. The van der Waals surface area contributed by atoms with Crippen LogP contribution in [0.2, 0.25) is 0 Å². The second-order valence-corrected chi connectivity index (χ2v) is 3.54. The highest BCUT2D eigenvalue weighted by Crippen LogP contribution is 2.24. The fourth-order valence-corrected chi connectivity index (χ4v) is 1.49. The van der Waals surface area contributed by atoms with Crippen LogP contribution >= 0.6 is 0 Å². The number of rotatable bonds is 4. The predicted octanol–water partition coefficient (Wildman–Crippen LogP) is 1.92. The molecular formula is C11H12F2N4. The Bertz CT molecular complexity index is 496. The molecule has 1 aromatic heterocycles. The summed E-state index contributed by atoms with van der Waals surface area (Å²) >= 11 is 0. The van der Waals surface area contributed by atoms with Gasteiger partial charge >= 0.3 is 0 Å². The number of nitrogens with one attached hydrogen (secondary N) is 2. The topological polar surface area (TPSA) is 66.7 Å². The van der Waals surface area contributed by atoms with E-state index in [1.54, 1.807) is 12.4 Å². The molecule has 1 aromatic carbocycles. The van der Waals surface area contributed by atoms with Gasteiger partial charge in [-0.25, -0.2) is 13.8 Å². The van der Waals surface area contributed by atoms with Gasteiger partial charge in [0, 0.05) is 25.4 Å². The zero-order chi connectivity index (χ0) is 12.3. The molecule has 6 heteroatoms. The van der Waals surface area contributed by atoms with Gasteiger partial charge < -0.3 is 16.0 Å². The van der Waals surface area contributed by atoms with Crippen molar-refractivity contribution in [3.8, 4) is 0 Å². The number of anilines is 2. The largest absolute Gasteiger partial charge is 0.397 e. The first kappa shape index (κ1) is 11.4. The number of nitrogens with two attached hydrogens (primary N) is 1. The average Bonchev–Trinajstić information content (AvgIpc) is 2.81. The van der Waals surface area contributed by atoms with Crippen LogP contribution in [0.1, 0.15) is 5.82 Å². The minimum atomic E-state index is -0.954. The SMILES string of the molecule is Nc1ccc(F)c(F)c1NCCc1ncc[nH]1. The second kappa shape index (κ2) is 4.82. The van der Waals surface area contributed by atoms with Crippen molar-refractivity contribution in [2.45, 2.75) is 6.42 Å². The maximum Gasteiger partial charge on any atom is 0.183 e. The molecule has 90 valence electrons. The molecule has 0 radical (unpaired) electrons. The summed E-state index contributed by atoms with van der Waals surface area (Å²) < 4.78 is 26.4. The van der Waals surface area contributed by atoms with Crippen molar-refractivity contribution in [3.63, 3.8) is 0 Å². The van der Waals surface area contributed by atoms with E-state index in [0.29, 0.717) is 13.0 Å². The highest BCUT2D eigenvalue weighted by atomic mass is 19.2. The summed E-state index contributed by atoms with van der Waals surface area (Å²) in [6, 6.07) is 2.33. The van der Waals surface area contributed by atoms with Gasteiger partial charge in [-0.3, -0.25) is 0 Å². The lowest BCUT2D eigenvalue weighted by Gasteiger charge is -2.10. The summed E-state index contributed by atoms with van der Waals surface area (Å²) in [5.74, 6) is -1.10. The van der Waals surface area contributed by atoms with Crippen molar-refractivity contribution >= 4 is 11.4 Å². The Balaban J connectivity index is 2.01. The van der Waals surface area contributed by atoms with Crippen molar-refractivity contribution in [2.75, 3.05) is 17.6 Å². The smallest absolute Gasteiger partial charge is 0.183 e. The fourth-order valence-electron chi connectivity index (χ4n) is 1.49. The molecular weight excluding hydrogens is 226 g/mol. The van der Waals surface area contributed by atoms with Crippen molar-refractivity contribution in [1.82, 2.24) is 9.97 Å². The first-order valence-corrected chi connectivity index (χ1v) is 5.14. The number of imidazole rings is 1. The zero-order valence-corrected chi connectivity index (χ0v) is 9.00. The van der Waals surface area contributed by atoms with Crippen LogP contribution in [0.4, 0.5) is 20.2 Å². The lowest BCUT2D eigenvalue weighted by molar-refractivity contribution is 0.511. The maximum atomic E-state index is 13.4. The molecule has 2 aromatic rings. The number of H-pyrrole nitrogens is 1. The molecule has 0 aliphatic carbocycles. The summed E-state index contributed by atoms with van der Waals surface area (Å²) in [6.07, 6.45) is 3.90. The molecule has 0 saturated heterocycles. The highest BCUT2D eigenvalue weighted by molar-refractivity contribution is 5.66. The summed E-state index contributed by atoms with van der Waals surface area (Å²) in [5.41, 5.74) is 5.74. The summed E-state index contributed by atoms with van der Waals surface area (Å²) in [6.45, 7) is 0.415.